The molecule has 1 amide bonds. The molecule has 0 saturated carbocycles. The van der Waals surface area contributed by atoms with E-state index in [0.717, 1.165) is 10.6 Å². The van der Waals surface area contributed by atoms with Crippen LogP contribution < -0.4 is 14.8 Å². The lowest BCUT2D eigenvalue weighted by Gasteiger charge is -2.10. The van der Waals surface area contributed by atoms with Gasteiger partial charge in [-0.15, -0.1) is 0 Å². The first kappa shape index (κ1) is 17.8. The van der Waals surface area contributed by atoms with Crippen molar-refractivity contribution in [1.29, 1.82) is 0 Å². The fraction of sp³-hybridized carbons (Fsp3) is 0.105. The molecular weight excluding hydrogens is 350 g/mol. The Balaban J connectivity index is 1.87. The van der Waals surface area contributed by atoms with Gasteiger partial charge in [0, 0.05) is 10.6 Å². The number of nitrogens with one attached hydrogen (secondary N) is 1. The third-order valence-electron chi connectivity index (χ3n) is 3.44. The van der Waals surface area contributed by atoms with E-state index >= 15 is 0 Å². The Hall–Kier alpha value is -3.06. The average Bonchev–Trinajstić information content (AvgIpc) is 2.68. The lowest BCUT2D eigenvalue weighted by Crippen LogP contribution is -2.12. The number of methoxy groups -OCH3 is 2. The van der Waals surface area contributed by atoms with E-state index in [0.29, 0.717) is 22.5 Å². The van der Waals surface area contributed by atoms with Gasteiger partial charge in [0.05, 0.1) is 25.8 Å². The number of benzene rings is 2. The minimum atomic E-state index is -0.200. The van der Waals surface area contributed by atoms with Crippen molar-refractivity contribution in [2.24, 2.45) is 0 Å². The van der Waals surface area contributed by atoms with Gasteiger partial charge in [0.1, 0.15) is 0 Å². The summed E-state index contributed by atoms with van der Waals surface area (Å²) in [5.74, 6) is 0.588. The highest BCUT2D eigenvalue weighted by atomic mass is 32.2. The highest BCUT2D eigenvalue weighted by Crippen LogP contribution is 2.31. The van der Waals surface area contributed by atoms with Gasteiger partial charge in [-0.05, 0) is 36.0 Å². The molecule has 0 aliphatic heterocycles. The van der Waals surface area contributed by atoms with Crippen LogP contribution in [0.15, 0.2) is 70.7 Å². The average molecular weight is 367 g/mol. The SMILES string of the molecule is COc1cc(OC)nc(Sc2ccccc2C(=O)Nc2ccccc2)n1. The normalized spacial score (nSPS) is 10.2. The molecule has 3 rings (SSSR count). The van der Waals surface area contributed by atoms with E-state index in [1.165, 1.54) is 26.0 Å². The van der Waals surface area contributed by atoms with Crippen molar-refractivity contribution in [2.75, 3.05) is 19.5 Å². The van der Waals surface area contributed by atoms with E-state index in [-0.39, 0.29) is 5.91 Å². The smallest absolute Gasteiger partial charge is 0.256 e. The first-order valence-electron chi connectivity index (χ1n) is 7.80. The van der Waals surface area contributed by atoms with E-state index in [1.807, 2.05) is 48.5 Å². The Kier molecular flexibility index (Phi) is 5.70. The molecule has 0 unspecified atom stereocenters. The van der Waals surface area contributed by atoms with Gasteiger partial charge in [-0.1, -0.05) is 30.3 Å². The van der Waals surface area contributed by atoms with Crippen molar-refractivity contribution in [2.45, 2.75) is 10.1 Å². The van der Waals surface area contributed by atoms with Crippen LogP contribution >= 0.6 is 11.8 Å². The fourth-order valence-electron chi connectivity index (χ4n) is 2.20. The minimum Gasteiger partial charge on any atom is -0.481 e. The van der Waals surface area contributed by atoms with Crippen LogP contribution in [0.4, 0.5) is 5.69 Å². The summed E-state index contributed by atoms with van der Waals surface area (Å²) < 4.78 is 10.3. The highest BCUT2D eigenvalue weighted by Gasteiger charge is 2.15. The molecule has 0 radical (unpaired) electrons. The molecule has 132 valence electrons. The first-order valence-corrected chi connectivity index (χ1v) is 8.61. The van der Waals surface area contributed by atoms with Crippen LogP contribution in [-0.2, 0) is 0 Å². The number of carbonyl (C=O) groups is 1. The summed E-state index contributed by atoms with van der Waals surface area (Å²) in [6.45, 7) is 0. The van der Waals surface area contributed by atoms with E-state index in [2.05, 4.69) is 15.3 Å². The van der Waals surface area contributed by atoms with Crippen molar-refractivity contribution in [3.63, 3.8) is 0 Å². The largest absolute Gasteiger partial charge is 0.481 e. The number of amides is 1. The third kappa shape index (κ3) is 4.31. The second-order valence-corrected chi connectivity index (χ2v) is 6.16. The lowest BCUT2D eigenvalue weighted by molar-refractivity contribution is 0.102. The molecule has 7 heteroatoms. The lowest BCUT2D eigenvalue weighted by atomic mass is 10.2. The topological polar surface area (TPSA) is 73.3 Å². The molecule has 6 nitrogen and oxygen atoms in total. The highest BCUT2D eigenvalue weighted by molar-refractivity contribution is 7.99. The van der Waals surface area contributed by atoms with Gasteiger partial charge < -0.3 is 14.8 Å². The molecule has 0 spiro atoms. The Morgan fingerprint density at radius 1 is 0.923 bits per heavy atom. The summed E-state index contributed by atoms with van der Waals surface area (Å²) in [5.41, 5.74) is 1.27. The summed E-state index contributed by atoms with van der Waals surface area (Å²) in [5, 5.41) is 3.32. The van der Waals surface area contributed by atoms with Crippen molar-refractivity contribution < 1.29 is 14.3 Å². The van der Waals surface area contributed by atoms with E-state index in [4.69, 9.17) is 9.47 Å². The zero-order valence-corrected chi connectivity index (χ0v) is 15.1. The molecule has 3 aromatic rings. The Morgan fingerprint density at radius 2 is 1.54 bits per heavy atom. The van der Waals surface area contributed by atoms with Gasteiger partial charge >= 0.3 is 0 Å². The van der Waals surface area contributed by atoms with Gasteiger partial charge in [-0.3, -0.25) is 4.79 Å². The molecule has 0 saturated heterocycles. The molecule has 0 aliphatic rings. The van der Waals surface area contributed by atoms with Crippen LogP contribution in [0, 0.1) is 0 Å². The van der Waals surface area contributed by atoms with E-state index in [1.54, 1.807) is 12.1 Å². The molecule has 1 aromatic heterocycles. The van der Waals surface area contributed by atoms with Crippen LogP contribution in [0.1, 0.15) is 10.4 Å². The number of rotatable bonds is 6. The second kappa shape index (κ2) is 8.35. The fourth-order valence-corrected chi connectivity index (χ4v) is 3.09. The third-order valence-corrected chi connectivity index (χ3v) is 4.38. The van der Waals surface area contributed by atoms with Crippen molar-refractivity contribution in [3.05, 3.63) is 66.2 Å². The van der Waals surface area contributed by atoms with E-state index < -0.39 is 0 Å². The molecule has 0 fully saturated rings. The maximum absolute atomic E-state index is 12.7. The standard InChI is InChI=1S/C19H17N3O3S/c1-24-16-12-17(25-2)22-19(21-16)26-15-11-7-6-10-14(15)18(23)20-13-8-4-3-5-9-13/h3-12H,1-2H3,(H,20,23). The quantitative estimate of drug-likeness (QED) is 0.666. The second-order valence-electron chi connectivity index (χ2n) is 5.15. The van der Waals surface area contributed by atoms with Gasteiger partial charge in [0.2, 0.25) is 11.8 Å². The van der Waals surface area contributed by atoms with Crippen LogP contribution in [0.3, 0.4) is 0 Å². The van der Waals surface area contributed by atoms with Crippen LogP contribution in [-0.4, -0.2) is 30.1 Å². The molecular formula is C19H17N3O3S. The Bertz CT molecular complexity index is 881. The molecule has 0 atom stereocenters. The van der Waals surface area contributed by atoms with Gasteiger partial charge in [0.15, 0.2) is 5.16 Å². The number of ether oxygens (including phenoxy) is 2. The number of hydrogen-bond acceptors (Lipinski definition) is 6. The summed E-state index contributed by atoms with van der Waals surface area (Å²) >= 11 is 1.27. The number of carbonyl (C=O) groups excluding carboxylic acids is 1. The van der Waals surface area contributed by atoms with Gasteiger partial charge in [-0.25, -0.2) is 0 Å². The predicted molar refractivity (Wildman–Crippen MR) is 100 cm³/mol. The number of anilines is 1. The number of nitrogens with zero attached hydrogens (tertiary/aromatic N) is 2. The van der Waals surface area contributed by atoms with Crippen molar-refractivity contribution in [3.8, 4) is 11.8 Å². The summed E-state index contributed by atoms with van der Waals surface area (Å²) in [6, 6.07) is 18.2. The summed E-state index contributed by atoms with van der Waals surface area (Å²) in [4.78, 5) is 22.0. The maximum atomic E-state index is 12.7. The Labute approximate surface area is 155 Å². The van der Waals surface area contributed by atoms with Crippen LogP contribution in [0.5, 0.6) is 11.8 Å². The molecule has 0 bridgehead atoms. The number of para-hydroxylation sites is 1. The maximum Gasteiger partial charge on any atom is 0.256 e. The van der Waals surface area contributed by atoms with Crippen molar-refractivity contribution in [1.82, 2.24) is 9.97 Å². The molecule has 1 N–H and O–H groups in total. The zero-order valence-electron chi connectivity index (χ0n) is 14.3. The summed E-state index contributed by atoms with van der Waals surface area (Å²) in [6.07, 6.45) is 0. The predicted octanol–water partition coefficient (Wildman–Crippen LogP) is 3.90. The van der Waals surface area contributed by atoms with Gasteiger partial charge in [-0.2, -0.15) is 9.97 Å². The van der Waals surface area contributed by atoms with Crippen LogP contribution in [0.25, 0.3) is 0 Å². The molecule has 1 heterocycles. The first-order chi connectivity index (χ1) is 12.7. The monoisotopic (exact) mass is 367 g/mol. The van der Waals surface area contributed by atoms with E-state index in [9.17, 15) is 4.79 Å². The molecule has 26 heavy (non-hydrogen) atoms. The van der Waals surface area contributed by atoms with Crippen molar-refractivity contribution >= 4 is 23.4 Å². The van der Waals surface area contributed by atoms with Gasteiger partial charge in [0.25, 0.3) is 5.91 Å². The molecule has 0 aliphatic carbocycles. The molecule has 2 aromatic carbocycles. The minimum absolute atomic E-state index is 0.200. The summed E-state index contributed by atoms with van der Waals surface area (Å²) in [7, 11) is 3.05. The van der Waals surface area contributed by atoms with Crippen LogP contribution in [0.2, 0.25) is 0 Å². The number of aromatic nitrogens is 2. The Morgan fingerprint density at radius 3 is 2.19 bits per heavy atom. The zero-order chi connectivity index (χ0) is 18.4. The number of hydrogen-bond donors (Lipinski definition) is 1.